The molecule has 4 heteroatoms. The summed E-state index contributed by atoms with van der Waals surface area (Å²) in [6, 6.07) is 2.22. The van der Waals surface area contributed by atoms with Crippen LogP contribution in [0.15, 0.2) is 0 Å². The molecule has 0 atom stereocenters. The number of hydrogen-bond donors (Lipinski definition) is 2. The summed E-state index contributed by atoms with van der Waals surface area (Å²) in [4.78, 5) is 12.1. The minimum atomic E-state index is -0.777. The van der Waals surface area contributed by atoms with Crippen molar-refractivity contribution >= 4 is 5.91 Å². The Morgan fingerprint density at radius 2 is 2.00 bits per heavy atom. The first kappa shape index (κ1) is 12.4. The van der Waals surface area contributed by atoms with E-state index in [0.29, 0.717) is 25.3 Å². The number of nitrogens with zero attached hydrogens (tertiary/aromatic N) is 1. The van der Waals surface area contributed by atoms with Gasteiger partial charge in [0.05, 0.1) is 12.2 Å². The van der Waals surface area contributed by atoms with Gasteiger partial charge in [0.15, 0.2) is 0 Å². The molecule has 0 radical (unpaired) electrons. The summed E-state index contributed by atoms with van der Waals surface area (Å²) >= 11 is 0. The Bertz CT molecular complexity index is 323. The average molecular weight is 236 g/mol. The molecular weight excluding hydrogens is 216 g/mol. The van der Waals surface area contributed by atoms with Gasteiger partial charge >= 0.3 is 0 Å². The third kappa shape index (κ3) is 2.61. The first-order chi connectivity index (χ1) is 8.16. The van der Waals surface area contributed by atoms with Crippen molar-refractivity contribution in [1.82, 2.24) is 5.32 Å². The molecule has 0 heterocycles. The number of rotatable bonds is 3. The molecule has 0 aromatic heterocycles. The lowest BCUT2D eigenvalue weighted by molar-refractivity contribution is -0.130. The van der Waals surface area contributed by atoms with Crippen LogP contribution in [0.1, 0.15) is 44.9 Å². The lowest BCUT2D eigenvalue weighted by Gasteiger charge is -2.34. The first-order valence-corrected chi connectivity index (χ1v) is 6.54. The number of aliphatic hydroxyl groups is 1. The van der Waals surface area contributed by atoms with Gasteiger partial charge in [0.25, 0.3) is 0 Å². The van der Waals surface area contributed by atoms with Crippen molar-refractivity contribution in [3.63, 3.8) is 0 Å². The number of hydrogen-bond acceptors (Lipinski definition) is 3. The fourth-order valence-corrected chi connectivity index (χ4v) is 2.82. The molecule has 0 aromatic rings. The van der Waals surface area contributed by atoms with Crippen LogP contribution in [0.2, 0.25) is 0 Å². The second kappa shape index (κ2) is 5.05. The molecule has 0 saturated heterocycles. The van der Waals surface area contributed by atoms with Crippen LogP contribution in [-0.2, 0) is 4.79 Å². The van der Waals surface area contributed by atoms with E-state index < -0.39 is 5.41 Å². The molecule has 2 aliphatic carbocycles. The SMILES string of the molecule is N#CC1(C(=O)NCC2CC(O)C2)CCCCC1. The Morgan fingerprint density at radius 3 is 2.53 bits per heavy atom. The normalized spacial score (nSPS) is 31.1. The zero-order chi connectivity index (χ0) is 12.3. The smallest absolute Gasteiger partial charge is 0.240 e. The highest BCUT2D eigenvalue weighted by molar-refractivity contribution is 5.85. The van der Waals surface area contributed by atoms with E-state index in [1.807, 2.05) is 0 Å². The molecular formula is C13H20N2O2. The van der Waals surface area contributed by atoms with Gasteiger partial charge in [-0.3, -0.25) is 4.79 Å². The average Bonchev–Trinajstić information content (AvgIpc) is 2.33. The number of carbonyl (C=O) groups is 1. The quantitative estimate of drug-likeness (QED) is 0.776. The van der Waals surface area contributed by atoms with E-state index in [4.69, 9.17) is 5.11 Å². The Morgan fingerprint density at radius 1 is 1.35 bits per heavy atom. The standard InChI is InChI=1S/C13H20N2O2/c14-9-13(4-2-1-3-5-13)12(17)15-8-10-6-11(16)7-10/h10-11,16H,1-8H2,(H,15,17). The van der Waals surface area contributed by atoms with E-state index in [0.717, 1.165) is 32.1 Å². The predicted octanol–water partition coefficient (Wildman–Crippen LogP) is 1.35. The summed E-state index contributed by atoms with van der Waals surface area (Å²) in [5.74, 6) is 0.300. The van der Waals surface area contributed by atoms with E-state index in [1.54, 1.807) is 0 Å². The molecule has 0 aromatic carbocycles. The van der Waals surface area contributed by atoms with E-state index in [2.05, 4.69) is 11.4 Å². The summed E-state index contributed by atoms with van der Waals surface area (Å²) in [5.41, 5.74) is -0.777. The second-order valence-electron chi connectivity index (χ2n) is 5.46. The number of nitrogens with one attached hydrogen (secondary N) is 1. The van der Waals surface area contributed by atoms with E-state index >= 15 is 0 Å². The van der Waals surface area contributed by atoms with Gasteiger partial charge in [-0.1, -0.05) is 19.3 Å². The van der Waals surface area contributed by atoms with Crippen LogP contribution >= 0.6 is 0 Å². The Labute approximate surface area is 102 Å². The fraction of sp³-hybridized carbons (Fsp3) is 0.846. The number of carbonyl (C=O) groups excluding carboxylic acids is 1. The maximum Gasteiger partial charge on any atom is 0.240 e. The molecule has 0 spiro atoms. The Balaban J connectivity index is 1.83. The zero-order valence-corrected chi connectivity index (χ0v) is 10.1. The van der Waals surface area contributed by atoms with Crippen LogP contribution in [0.5, 0.6) is 0 Å². The van der Waals surface area contributed by atoms with E-state index in [-0.39, 0.29) is 12.0 Å². The number of aliphatic hydroxyl groups excluding tert-OH is 1. The molecule has 17 heavy (non-hydrogen) atoms. The summed E-state index contributed by atoms with van der Waals surface area (Å²) in [7, 11) is 0. The van der Waals surface area contributed by atoms with Gasteiger partial charge in [-0.25, -0.2) is 0 Å². The van der Waals surface area contributed by atoms with Crippen molar-refractivity contribution in [2.24, 2.45) is 11.3 Å². The van der Waals surface area contributed by atoms with Crippen LogP contribution in [-0.4, -0.2) is 23.7 Å². The summed E-state index contributed by atoms with van der Waals surface area (Å²) < 4.78 is 0. The first-order valence-electron chi connectivity index (χ1n) is 6.54. The van der Waals surface area contributed by atoms with Crippen molar-refractivity contribution in [3.8, 4) is 6.07 Å². The van der Waals surface area contributed by atoms with Crippen molar-refractivity contribution in [2.75, 3.05) is 6.54 Å². The molecule has 94 valence electrons. The topological polar surface area (TPSA) is 73.1 Å². The maximum absolute atomic E-state index is 12.1. The highest BCUT2D eigenvalue weighted by Crippen LogP contribution is 2.36. The minimum Gasteiger partial charge on any atom is -0.393 e. The van der Waals surface area contributed by atoms with E-state index in [1.165, 1.54) is 0 Å². The van der Waals surface area contributed by atoms with Gasteiger partial charge in [-0.05, 0) is 31.6 Å². The molecule has 4 nitrogen and oxygen atoms in total. The Hall–Kier alpha value is -1.08. The summed E-state index contributed by atoms with van der Waals surface area (Å²) in [6.07, 6.45) is 5.85. The largest absolute Gasteiger partial charge is 0.393 e. The lowest BCUT2D eigenvalue weighted by Crippen LogP contribution is -2.45. The van der Waals surface area contributed by atoms with E-state index in [9.17, 15) is 10.1 Å². The molecule has 1 amide bonds. The fourth-order valence-electron chi connectivity index (χ4n) is 2.82. The number of nitriles is 1. The van der Waals surface area contributed by atoms with Crippen LogP contribution in [0, 0.1) is 22.7 Å². The van der Waals surface area contributed by atoms with Crippen molar-refractivity contribution < 1.29 is 9.90 Å². The second-order valence-corrected chi connectivity index (χ2v) is 5.46. The molecule has 2 fully saturated rings. The third-order valence-corrected chi connectivity index (χ3v) is 4.12. The van der Waals surface area contributed by atoms with Gasteiger partial charge in [-0.15, -0.1) is 0 Å². The van der Waals surface area contributed by atoms with Gasteiger partial charge < -0.3 is 10.4 Å². The van der Waals surface area contributed by atoms with Crippen molar-refractivity contribution in [1.29, 1.82) is 5.26 Å². The lowest BCUT2D eigenvalue weighted by atomic mass is 9.74. The molecule has 2 N–H and O–H groups in total. The van der Waals surface area contributed by atoms with Crippen molar-refractivity contribution in [2.45, 2.75) is 51.0 Å². The van der Waals surface area contributed by atoms with Gasteiger partial charge in [0.1, 0.15) is 5.41 Å². The monoisotopic (exact) mass is 236 g/mol. The minimum absolute atomic E-state index is 0.0962. The van der Waals surface area contributed by atoms with Gasteiger partial charge in [0.2, 0.25) is 5.91 Å². The zero-order valence-electron chi connectivity index (χ0n) is 10.1. The molecule has 2 rings (SSSR count). The highest BCUT2D eigenvalue weighted by atomic mass is 16.3. The van der Waals surface area contributed by atoms with Crippen LogP contribution < -0.4 is 5.32 Å². The number of amides is 1. The molecule has 2 saturated carbocycles. The third-order valence-electron chi connectivity index (χ3n) is 4.12. The Kier molecular flexibility index (Phi) is 3.68. The molecule has 2 aliphatic rings. The molecule has 0 aliphatic heterocycles. The van der Waals surface area contributed by atoms with Gasteiger partial charge in [-0.2, -0.15) is 5.26 Å². The maximum atomic E-state index is 12.1. The van der Waals surface area contributed by atoms with Crippen LogP contribution in [0.25, 0.3) is 0 Å². The van der Waals surface area contributed by atoms with Gasteiger partial charge in [0, 0.05) is 6.54 Å². The van der Waals surface area contributed by atoms with Crippen molar-refractivity contribution in [3.05, 3.63) is 0 Å². The van der Waals surface area contributed by atoms with Crippen LogP contribution in [0.4, 0.5) is 0 Å². The summed E-state index contributed by atoms with van der Waals surface area (Å²) in [5, 5.41) is 21.3. The summed E-state index contributed by atoms with van der Waals surface area (Å²) in [6.45, 7) is 0.610. The molecule has 0 bridgehead atoms. The molecule has 0 unspecified atom stereocenters. The predicted molar refractivity (Wildman–Crippen MR) is 62.9 cm³/mol. The highest BCUT2D eigenvalue weighted by Gasteiger charge is 2.40. The van der Waals surface area contributed by atoms with Crippen LogP contribution in [0.3, 0.4) is 0 Å².